The van der Waals surface area contributed by atoms with E-state index in [0.717, 1.165) is 22.3 Å². The molecule has 0 aliphatic heterocycles. The molecule has 5 rings (SSSR count). The Labute approximate surface area is 317 Å². The molecule has 54 heavy (non-hydrogen) atoms. The first-order chi connectivity index (χ1) is 26.3. The molecule has 5 aromatic carbocycles. The lowest BCUT2D eigenvalue weighted by atomic mass is 9.90. The van der Waals surface area contributed by atoms with Gasteiger partial charge in [-0.15, -0.1) is 0 Å². The van der Waals surface area contributed by atoms with Crippen LogP contribution >= 0.6 is 0 Å². The zero-order valence-corrected chi connectivity index (χ0v) is 30.8. The Bertz CT molecular complexity index is 1820. The van der Waals surface area contributed by atoms with Crippen LogP contribution < -0.4 is 19.9 Å². The van der Waals surface area contributed by atoms with Crippen LogP contribution in [-0.4, -0.2) is 61.5 Å². The molecule has 0 fully saturated rings. The molecular weight excluding hydrogens is 684 g/mol. The minimum absolute atomic E-state index is 0.155. The number of nitrogens with zero attached hydrogens (tertiary/aromatic N) is 1. The molecule has 5 aromatic rings. The number of hydrogen-bond donors (Lipinski definition) is 2. The number of ether oxygens (including phenoxy) is 5. The van der Waals surface area contributed by atoms with Gasteiger partial charge in [0.2, 0.25) is 0 Å². The number of anilines is 1. The van der Waals surface area contributed by atoms with Crippen LogP contribution in [0.5, 0.6) is 17.2 Å². The second-order valence-electron chi connectivity index (χ2n) is 12.6. The van der Waals surface area contributed by atoms with Gasteiger partial charge >= 0.3 is 11.9 Å². The van der Waals surface area contributed by atoms with Gasteiger partial charge < -0.3 is 34.5 Å². The number of aliphatic hydroxyl groups is 1. The van der Waals surface area contributed by atoms with Gasteiger partial charge in [-0.25, -0.2) is 9.59 Å². The summed E-state index contributed by atoms with van der Waals surface area (Å²) in [5, 5.41) is 11.7. The number of hydrogen-bond acceptors (Lipinski definition) is 10. The van der Waals surface area contributed by atoms with Crippen LogP contribution in [0.3, 0.4) is 0 Å². The molecule has 0 unspecified atom stereocenters. The molecular formula is C44H48N2O8. The Morgan fingerprint density at radius 3 is 1.63 bits per heavy atom. The molecule has 0 saturated carbocycles. The largest absolute Gasteiger partial charge is 0.487 e. The van der Waals surface area contributed by atoms with Crippen molar-refractivity contribution in [2.45, 2.75) is 39.0 Å². The summed E-state index contributed by atoms with van der Waals surface area (Å²) in [6.45, 7) is 5.51. The quantitative estimate of drug-likeness (QED) is 0.0632. The minimum Gasteiger partial charge on any atom is -0.487 e. The number of rotatable bonds is 20. The van der Waals surface area contributed by atoms with Gasteiger partial charge in [-0.1, -0.05) is 91.0 Å². The van der Waals surface area contributed by atoms with Crippen LogP contribution in [0.2, 0.25) is 0 Å². The third-order valence-electron chi connectivity index (χ3n) is 8.67. The highest BCUT2D eigenvalue weighted by atomic mass is 16.6. The van der Waals surface area contributed by atoms with Gasteiger partial charge in [-0.2, -0.15) is 0 Å². The van der Waals surface area contributed by atoms with Crippen LogP contribution in [0.1, 0.15) is 53.7 Å². The second-order valence-corrected chi connectivity index (χ2v) is 12.6. The van der Waals surface area contributed by atoms with Crippen molar-refractivity contribution in [2.24, 2.45) is 0 Å². The van der Waals surface area contributed by atoms with Gasteiger partial charge in [0.05, 0.1) is 25.0 Å². The first-order valence-electron chi connectivity index (χ1n) is 18.1. The maximum atomic E-state index is 11.9. The second kappa shape index (κ2) is 20.4. The molecule has 0 amide bonds. The van der Waals surface area contributed by atoms with Crippen LogP contribution in [0.25, 0.3) is 0 Å². The van der Waals surface area contributed by atoms with Crippen molar-refractivity contribution >= 4 is 17.6 Å². The molecule has 0 spiro atoms. The first kappa shape index (κ1) is 39.4. The molecule has 282 valence electrons. The Hall–Kier alpha value is -5.84. The molecule has 1 atom stereocenters. The molecule has 0 heterocycles. The van der Waals surface area contributed by atoms with E-state index < -0.39 is 18.0 Å². The normalized spacial score (nSPS) is 11.6. The van der Waals surface area contributed by atoms with Crippen LogP contribution in [0.15, 0.2) is 127 Å². The van der Waals surface area contributed by atoms with Crippen molar-refractivity contribution in [3.63, 3.8) is 0 Å². The molecule has 0 aromatic heterocycles. The SMILES string of the molecule is CCOC(=O)COc1ccc(C(CN(Cc2ccccc2)C[C@H](O)c2ccc(OCc3ccccc3)c(N)c2)c2ccc(OCC(=O)OCC)cc2)cc1. The summed E-state index contributed by atoms with van der Waals surface area (Å²) in [6, 6.07) is 40.6. The van der Waals surface area contributed by atoms with E-state index in [1.54, 1.807) is 26.0 Å². The molecule has 0 aliphatic rings. The fraction of sp³-hybridized carbons (Fsp3) is 0.273. The molecule has 0 radical (unpaired) electrons. The van der Waals surface area contributed by atoms with E-state index >= 15 is 0 Å². The summed E-state index contributed by atoms with van der Waals surface area (Å²) < 4.78 is 27.3. The lowest BCUT2D eigenvalue weighted by Gasteiger charge is -2.30. The minimum atomic E-state index is -0.850. The highest BCUT2D eigenvalue weighted by Gasteiger charge is 2.23. The third kappa shape index (κ3) is 12.1. The maximum absolute atomic E-state index is 11.9. The Kier molecular flexibility index (Phi) is 14.9. The van der Waals surface area contributed by atoms with Gasteiger partial charge in [0.15, 0.2) is 13.2 Å². The van der Waals surface area contributed by atoms with Gasteiger partial charge in [-0.05, 0) is 78.1 Å². The van der Waals surface area contributed by atoms with E-state index in [1.807, 2.05) is 103 Å². The van der Waals surface area contributed by atoms with E-state index in [9.17, 15) is 14.7 Å². The van der Waals surface area contributed by atoms with Crippen molar-refractivity contribution in [2.75, 3.05) is 45.3 Å². The smallest absolute Gasteiger partial charge is 0.344 e. The zero-order chi connectivity index (χ0) is 38.1. The molecule has 0 saturated heterocycles. The first-order valence-corrected chi connectivity index (χ1v) is 18.1. The topological polar surface area (TPSA) is 130 Å². The van der Waals surface area contributed by atoms with E-state index in [1.165, 1.54) is 0 Å². The zero-order valence-electron chi connectivity index (χ0n) is 30.8. The summed E-state index contributed by atoms with van der Waals surface area (Å²) in [7, 11) is 0. The highest BCUT2D eigenvalue weighted by Crippen LogP contribution is 2.32. The van der Waals surface area contributed by atoms with Crippen molar-refractivity contribution < 1.29 is 38.4 Å². The van der Waals surface area contributed by atoms with Crippen LogP contribution in [0.4, 0.5) is 5.69 Å². The molecule has 10 nitrogen and oxygen atoms in total. The fourth-order valence-electron chi connectivity index (χ4n) is 5.98. The van der Waals surface area contributed by atoms with Crippen LogP contribution in [0, 0.1) is 0 Å². The van der Waals surface area contributed by atoms with E-state index in [-0.39, 0.29) is 32.3 Å². The molecule has 3 N–H and O–H groups in total. The van der Waals surface area contributed by atoms with Crippen LogP contribution in [-0.2, 0) is 32.2 Å². The van der Waals surface area contributed by atoms with E-state index in [2.05, 4.69) is 17.0 Å². The molecule has 10 heteroatoms. The summed E-state index contributed by atoms with van der Waals surface area (Å²) in [4.78, 5) is 26.0. The summed E-state index contributed by atoms with van der Waals surface area (Å²) >= 11 is 0. The number of carbonyl (C=O) groups is 2. The Morgan fingerprint density at radius 2 is 1.13 bits per heavy atom. The number of nitrogen functional groups attached to an aromatic ring is 1. The summed E-state index contributed by atoms with van der Waals surface area (Å²) in [6.07, 6.45) is -0.850. The monoisotopic (exact) mass is 732 g/mol. The standard InChI is InChI=1S/C44H48N2O8/c1-3-50-43(48)30-52-37-20-15-34(16-21-37)39(35-17-22-38(23-18-35)53-31-44(49)51-4-2)27-46(26-32-11-7-5-8-12-32)28-41(47)36-19-24-42(40(45)25-36)54-29-33-13-9-6-10-14-33/h5-25,39,41,47H,3-4,26-31,45H2,1-2H3/t41-/m0/s1. The molecule has 0 aliphatic carbocycles. The maximum Gasteiger partial charge on any atom is 0.344 e. The third-order valence-corrected chi connectivity index (χ3v) is 8.67. The predicted octanol–water partition coefficient (Wildman–Crippen LogP) is 7.10. The lowest BCUT2D eigenvalue weighted by molar-refractivity contribution is -0.146. The average Bonchev–Trinajstić information content (AvgIpc) is 3.19. The Balaban J connectivity index is 1.38. The number of nitrogens with two attached hydrogens (primary N) is 1. The van der Waals surface area contributed by atoms with E-state index in [4.69, 9.17) is 29.4 Å². The van der Waals surface area contributed by atoms with E-state index in [0.29, 0.717) is 54.7 Å². The van der Waals surface area contributed by atoms with Gasteiger partial charge in [0, 0.05) is 25.6 Å². The number of carbonyl (C=O) groups excluding carboxylic acids is 2. The summed E-state index contributed by atoms with van der Waals surface area (Å²) in [5.41, 5.74) is 11.7. The fourth-order valence-corrected chi connectivity index (χ4v) is 5.98. The highest BCUT2D eigenvalue weighted by molar-refractivity contribution is 5.71. The number of aliphatic hydroxyl groups excluding tert-OH is 1. The van der Waals surface area contributed by atoms with Crippen molar-refractivity contribution in [1.29, 1.82) is 0 Å². The van der Waals surface area contributed by atoms with Crippen molar-refractivity contribution in [1.82, 2.24) is 4.90 Å². The lowest BCUT2D eigenvalue weighted by Crippen LogP contribution is -2.33. The number of benzene rings is 5. The summed E-state index contributed by atoms with van der Waals surface area (Å²) in [5.74, 6) is 0.613. The Morgan fingerprint density at radius 1 is 0.630 bits per heavy atom. The predicted molar refractivity (Wildman–Crippen MR) is 207 cm³/mol. The number of esters is 2. The van der Waals surface area contributed by atoms with Gasteiger partial charge in [-0.3, -0.25) is 4.90 Å². The van der Waals surface area contributed by atoms with Crippen molar-refractivity contribution in [3.05, 3.63) is 155 Å². The molecule has 0 bridgehead atoms. The van der Waals surface area contributed by atoms with Crippen molar-refractivity contribution in [3.8, 4) is 17.2 Å². The average molecular weight is 733 g/mol. The van der Waals surface area contributed by atoms with Gasteiger partial charge in [0.25, 0.3) is 0 Å². The van der Waals surface area contributed by atoms with Gasteiger partial charge in [0.1, 0.15) is 23.9 Å².